The van der Waals surface area contributed by atoms with Crippen molar-refractivity contribution >= 4 is 5.97 Å². The standard InChI is InChI=1S/C8H15NO2/c1-2-11-8(10)7-4-3-5-9-6-7/h7,9H,2-6H2,1H3/p+1. The molecule has 3 heteroatoms. The number of esters is 1. The van der Waals surface area contributed by atoms with E-state index in [9.17, 15) is 4.79 Å². The number of quaternary nitrogens is 1. The summed E-state index contributed by atoms with van der Waals surface area (Å²) >= 11 is 0. The van der Waals surface area contributed by atoms with Crippen molar-refractivity contribution in [1.82, 2.24) is 0 Å². The summed E-state index contributed by atoms with van der Waals surface area (Å²) in [5.74, 6) is 0.146. The quantitative estimate of drug-likeness (QED) is 0.552. The summed E-state index contributed by atoms with van der Waals surface area (Å²) < 4.78 is 4.92. The van der Waals surface area contributed by atoms with E-state index in [0.29, 0.717) is 6.61 Å². The Bertz CT molecular complexity index is 130. The molecule has 1 atom stereocenters. The lowest BCUT2D eigenvalue weighted by atomic mass is 10.0. The van der Waals surface area contributed by atoms with Gasteiger partial charge in [0, 0.05) is 0 Å². The highest BCUT2D eigenvalue weighted by atomic mass is 16.5. The Morgan fingerprint density at radius 1 is 1.73 bits per heavy atom. The molecule has 64 valence electrons. The highest BCUT2D eigenvalue weighted by Gasteiger charge is 2.24. The van der Waals surface area contributed by atoms with Gasteiger partial charge in [-0.2, -0.15) is 0 Å². The van der Waals surface area contributed by atoms with Gasteiger partial charge in [0.1, 0.15) is 5.92 Å². The van der Waals surface area contributed by atoms with Crippen LogP contribution in [0.3, 0.4) is 0 Å². The third kappa shape index (κ3) is 2.50. The van der Waals surface area contributed by atoms with Crippen molar-refractivity contribution in [3.8, 4) is 0 Å². The Labute approximate surface area is 67.1 Å². The Morgan fingerprint density at radius 2 is 2.55 bits per heavy atom. The molecule has 1 aliphatic heterocycles. The van der Waals surface area contributed by atoms with E-state index in [1.165, 1.54) is 0 Å². The largest absolute Gasteiger partial charge is 0.466 e. The van der Waals surface area contributed by atoms with Crippen LogP contribution in [0.4, 0.5) is 0 Å². The van der Waals surface area contributed by atoms with Crippen molar-refractivity contribution in [2.24, 2.45) is 5.92 Å². The first-order chi connectivity index (χ1) is 5.34. The topological polar surface area (TPSA) is 42.9 Å². The number of piperidine rings is 1. The molecule has 1 aliphatic rings. The fourth-order valence-corrected chi connectivity index (χ4v) is 1.42. The number of carbonyl (C=O) groups is 1. The monoisotopic (exact) mass is 158 g/mol. The number of nitrogens with two attached hydrogens (primary N) is 1. The van der Waals surface area contributed by atoms with E-state index in [0.717, 1.165) is 25.9 Å². The Morgan fingerprint density at radius 3 is 3.09 bits per heavy atom. The second-order valence-corrected chi connectivity index (χ2v) is 2.90. The van der Waals surface area contributed by atoms with Crippen LogP contribution in [-0.2, 0) is 9.53 Å². The van der Waals surface area contributed by atoms with Gasteiger partial charge in [-0.1, -0.05) is 0 Å². The van der Waals surface area contributed by atoms with Gasteiger partial charge in [0.25, 0.3) is 0 Å². The molecule has 11 heavy (non-hydrogen) atoms. The minimum atomic E-state index is -0.0107. The van der Waals surface area contributed by atoms with Gasteiger partial charge in [-0.15, -0.1) is 0 Å². The average molecular weight is 158 g/mol. The summed E-state index contributed by atoms with van der Waals surface area (Å²) in [5.41, 5.74) is 0. The highest BCUT2D eigenvalue weighted by molar-refractivity contribution is 5.72. The Hall–Kier alpha value is -0.570. The van der Waals surface area contributed by atoms with Gasteiger partial charge in [-0.3, -0.25) is 4.79 Å². The summed E-state index contributed by atoms with van der Waals surface area (Å²) in [6, 6.07) is 0. The molecule has 1 unspecified atom stereocenters. The molecule has 0 aliphatic carbocycles. The molecule has 2 N–H and O–H groups in total. The van der Waals surface area contributed by atoms with Gasteiger partial charge in [0.15, 0.2) is 0 Å². The molecule has 3 nitrogen and oxygen atoms in total. The van der Waals surface area contributed by atoms with Crippen LogP contribution in [0, 0.1) is 5.92 Å². The summed E-state index contributed by atoms with van der Waals surface area (Å²) in [7, 11) is 0. The molecule has 0 saturated carbocycles. The van der Waals surface area contributed by atoms with Crippen molar-refractivity contribution in [3.05, 3.63) is 0 Å². The normalized spacial score (nSPS) is 24.6. The minimum absolute atomic E-state index is 0.0107. The SMILES string of the molecule is CCOC(=O)C1CCC[NH2+]C1. The van der Waals surface area contributed by atoms with Crippen molar-refractivity contribution < 1.29 is 14.8 Å². The smallest absolute Gasteiger partial charge is 0.314 e. The summed E-state index contributed by atoms with van der Waals surface area (Å²) in [6.07, 6.45) is 2.15. The molecule has 0 aromatic rings. The average Bonchev–Trinajstić information content (AvgIpc) is 2.07. The van der Waals surface area contributed by atoms with Crippen LogP contribution in [0.2, 0.25) is 0 Å². The van der Waals surface area contributed by atoms with Crippen molar-refractivity contribution in [2.75, 3.05) is 19.7 Å². The lowest BCUT2D eigenvalue weighted by Gasteiger charge is -2.17. The molecule has 1 saturated heterocycles. The summed E-state index contributed by atoms with van der Waals surface area (Å²) in [5, 5.41) is 2.19. The molecule has 1 fully saturated rings. The number of carbonyl (C=O) groups excluding carboxylic acids is 1. The van der Waals surface area contributed by atoms with Crippen LogP contribution in [0.5, 0.6) is 0 Å². The van der Waals surface area contributed by atoms with Crippen LogP contribution >= 0.6 is 0 Å². The molecular formula is C8H16NO2+. The van der Waals surface area contributed by atoms with E-state index in [4.69, 9.17) is 4.74 Å². The van der Waals surface area contributed by atoms with E-state index in [2.05, 4.69) is 5.32 Å². The van der Waals surface area contributed by atoms with Crippen LogP contribution in [-0.4, -0.2) is 25.7 Å². The molecule has 0 bridgehead atoms. The van der Waals surface area contributed by atoms with E-state index in [-0.39, 0.29) is 11.9 Å². The highest BCUT2D eigenvalue weighted by Crippen LogP contribution is 2.07. The predicted molar refractivity (Wildman–Crippen MR) is 41.0 cm³/mol. The van der Waals surface area contributed by atoms with Crippen molar-refractivity contribution in [3.63, 3.8) is 0 Å². The Balaban J connectivity index is 2.27. The minimum Gasteiger partial charge on any atom is -0.466 e. The molecule has 0 amide bonds. The maximum atomic E-state index is 11.2. The van der Waals surface area contributed by atoms with Gasteiger partial charge >= 0.3 is 5.97 Å². The summed E-state index contributed by atoms with van der Waals surface area (Å²) in [4.78, 5) is 11.2. The van der Waals surface area contributed by atoms with Crippen LogP contribution in [0.15, 0.2) is 0 Å². The molecule has 1 heterocycles. The third-order valence-electron chi connectivity index (χ3n) is 2.03. The zero-order chi connectivity index (χ0) is 8.10. The first-order valence-corrected chi connectivity index (χ1v) is 4.33. The molecule has 0 spiro atoms. The summed E-state index contributed by atoms with van der Waals surface area (Å²) in [6.45, 7) is 4.44. The number of rotatable bonds is 2. The van der Waals surface area contributed by atoms with Crippen LogP contribution in [0.1, 0.15) is 19.8 Å². The number of ether oxygens (including phenoxy) is 1. The lowest BCUT2D eigenvalue weighted by molar-refractivity contribution is -0.666. The van der Waals surface area contributed by atoms with E-state index < -0.39 is 0 Å². The zero-order valence-corrected chi connectivity index (χ0v) is 7.01. The fraction of sp³-hybridized carbons (Fsp3) is 0.875. The number of hydrogen-bond donors (Lipinski definition) is 1. The fourth-order valence-electron chi connectivity index (χ4n) is 1.42. The maximum absolute atomic E-state index is 11.2. The molecule has 0 aromatic heterocycles. The number of hydrogen-bond acceptors (Lipinski definition) is 2. The van der Waals surface area contributed by atoms with E-state index in [1.54, 1.807) is 0 Å². The van der Waals surface area contributed by atoms with Gasteiger partial charge in [-0.25, -0.2) is 0 Å². The van der Waals surface area contributed by atoms with Crippen molar-refractivity contribution in [2.45, 2.75) is 19.8 Å². The third-order valence-corrected chi connectivity index (χ3v) is 2.03. The van der Waals surface area contributed by atoms with Gasteiger partial charge in [0.05, 0.1) is 19.7 Å². The maximum Gasteiger partial charge on any atom is 0.314 e. The van der Waals surface area contributed by atoms with Crippen molar-refractivity contribution in [1.29, 1.82) is 0 Å². The second-order valence-electron chi connectivity index (χ2n) is 2.90. The van der Waals surface area contributed by atoms with E-state index >= 15 is 0 Å². The Kier molecular flexibility index (Phi) is 3.36. The molecule has 1 rings (SSSR count). The molecule has 0 radical (unpaired) electrons. The first-order valence-electron chi connectivity index (χ1n) is 4.33. The molecular weight excluding hydrogens is 142 g/mol. The predicted octanol–water partition coefficient (Wildman–Crippen LogP) is -0.477. The zero-order valence-electron chi connectivity index (χ0n) is 7.01. The van der Waals surface area contributed by atoms with Crippen LogP contribution < -0.4 is 5.32 Å². The van der Waals surface area contributed by atoms with Gasteiger partial charge < -0.3 is 10.1 Å². The van der Waals surface area contributed by atoms with Crippen LogP contribution in [0.25, 0.3) is 0 Å². The second kappa shape index (κ2) is 4.34. The first kappa shape index (κ1) is 8.53. The molecule has 0 aromatic carbocycles. The van der Waals surface area contributed by atoms with Gasteiger partial charge in [-0.05, 0) is 19.8 Å². The van der Waals surface area contributed by atoms with Gasteiger partial charge in [0.2, 0.25) is 0 Å². The lowest BCUT2D eigenvalue weighted by Crippen LogP contribution is -2.87. The van der Waals surface area contributed by atoms with E-state index in [1.807, 2.05) is 6.92 Å².